The number of hydrogen-bond donors (Lipinski definition) is 0. The van der Waals surface area contributed by atoms with Crippen molar-refractivity contribution in [2.75, 3.05) is 26.8 Å². The molecule has 0 aliphatic carbocycles. The Morgan fingerprint density at radius 3 is 1.39 bits per heavy atom. The number of ether oxygens (including phenoxy) is 4. The average Bonchev–Trinajstić information content (AvgIpc) is 2.75. The van der Waals surface area contributed by atoms with Gasteiger partial charge in [-0.3, -0.25) is 0 Å². The first-order valence-corrected chi connectivity index (χ1v) is 12.1. The molecule has 0 saturated heterocycles. The maximum Gasteiger partial charge on any atom is 0.504 e. The van der Waals surface area contributed by atoms with Crippen LogP contribution in [-0.2, 0) is 29.1 Å². The van der Waals surface area contributed by atoms with Crippen LogP contribution in [0.15, 0.2) is 58.3 Å². The average molecular weight is 471 g/mol. The van der Waals surface area contributed by atoms with Crippen molar-refractivity contribution in [2.45, 2.75) is 23.6 Å². The van der Waals surface area contributed by atoms with E-state index >= 15 is 0 Å². The summed E-state index contributed by atoms with van der Waals surface area (Å²) in [6.45, 7) is 4.42. The number of rotatable bonds is 10. The highest BCUT2D eigenvalue weighted by Crippen LogP contribution is 2.24. The van der Waals surface area contributed by atoms with Crippen LogP contribution in [0.4, 0.5) is 0 Å². The van der Waals surface area contributed by atoms with Crippen LogP contribution in [0.2, 0.25) is 0 Å². The van der Waals surface area contributed by atoms with Gasteiger partial charge in [0, 0.05) is 13.2 Å². The molecule has 2 rings (SSSR count). The summed E-state index contributed by atoms with van der Waals surface area (Å²) in [7, 11) is -9.31. The zero-order valence-corrected chi connectivity index (χ0v) is 18.6. The summed E-state index contributed by atoms with van der Waals surface area (Å²) in [6.07, 6.45) is 0. The fourth-order valence-corrected chi connectivity index (χ4v) is 5.61. The predicted molar refractivity (Wildman–Crippen MR) is 110 cm³/mol. The molecule has 31 heavy (non-hydrogen) atoms. The van der Waals surface area contributed by atoms with Crippen LogP contribution in [-0.4, -0.2) is 52.8 Å². The molecule has 0 unspecified atom stereocenters. The van der Waals surface area contributed by atoms with Crippen LogP contribution in [0, 0.1) is 0 Å². The first-order chi connectivity index (χ1) is 14.8. The smallest absolute Gasteiger partial charge is 0.468 e. The number of sulfone groups is 2. The Hall–Kier alpha value is -2.76. The summed E-state index contributed by atoms with van der Waals surface area (Å²) in [5.74, 6) is 0.640. The summed E-state index contributed by atoms with van der Waals surface area (Å²) in [6, 6.07) is 9.89. The molecule has 0 spiro atoms. The Labute approximate surface area is 180 Å². The molecule has 12 heteroatoms. The largest absolute Gasteiger partial charge is 0.504 e. The van der Waals surface area contributed by atoms with Crippen molar-refractivity contribution in [1.82, 2.24) is 0 Å². The van der Waals surface area contributed by atoms with Crippen molar-refractivity contribution >= 4 is 24.1 Å². The molecule has 2 aromatic rings. The third kappa shape index (κ3) is 6.12. The Balaban J connectivity index is 2.27. The lowest BCUT2D eigenvalue weighted by Gasteiger charge is -2.07. The van der Waals surface area contributed by atoms with E-state index in [2.05, 4.69) is 4.79 Å². The highest BCUT2D eigenvalue weighted by molar-refractivity contribution is 8.31. The van der Waals surface area contributed by atoms with Gasteiger partial charge in [-0.1, -0.05) is 0 Å². The summed E-state index contributed by atoms with van der Waals surface area (Å²) < 4.78 is 70.4. The second-order valence-corrected chi connectivity index (χ2v) is 9.81. The molecule has 0 N–H and O–H groups in total. The number of hydrogen-bond acceptors (Lipinski definition) is 8. The van der Waals surface area contributed by atoms with Gasteiger partial charge in [-0.25, -0.2) is 16.8 Å². The normalized spacial score (nSPS) is 11.5. The second kappa shape index (κ2) is 11.0. The molecule has 2 aromatic carbocycles. The molecular formula is C19H22N2O8S2. The SMILES string of the molecule is CCOCOc1ccc(S(=O)(=O)C(=[N+]=[N-])S(=O)(=O)c2ccc(OCOCC)cc2)cc1. The van der Waals surface area contributed by atoms with Gasteiger partial charge >= 0.3 is 4.38 Å². The van der Waals surface area contributed by atoms with E-state index in [4.69, 9.17) is 18.9 Å². The van der Waals surface area contributed by atoms with E-state index < -0.39 is 24.1 Å². The van der Waals surface area contributed by atoms with E-state index in [9.17, 15) is 22.4 Å². The van der Waals surface area contributed by atoms with Crippen LogP contribution < -0.4 is 9.47 Å². The lowest BCUT2D eigenvalue weighted by atomic mass is 10.3. The molecule has 0 saturated carbocycles. The van der Waals surface area contributed by atoms with Gasteiger partial charge < -0.3 is 24.5 Å². The zero-order valence-electron chi connectivity index (χ0n) is 16.9. The highest BCUT2D eigenvalue weighted by Gasteiger charge is 2.44. The summed E-state index contributed by atoms with van der Waals surface area (Å²) in [5, 5.41) is 0. The lowest BCUT2D eigenvalue weighted by molar-refractivity contribution is 0.00378. The van der Waals surface area contributed by atoms with E-state index in [1.54, 1.807) is 13.8 Å². The third-order valence-electron chi connectivity index (χ3n) is 3.84. The Bertz CT molecular complexity index is 1040. The van der Waals surface area contributed by atoms with Crippen LogP contribution >= 0.6 is 0 Å². The third-order valence-corrected chi connectivity index (χ3v) is 8.02. The highest BCUT2D eigenvalue weighted by atomic mass is 32.3. The van der Waals surface area contributed by atoms with E-state index in [0.29, 0.717) is 24.7 Å². The Kier molecular flexibility index (Phi) is 8.72. The molecule has 168 valence electrons. The van der Waals surface area contributed by atoms with E-state index in [0.717, 1.165) is 24.3 Å². The van der Waals surface area contributed by atoms with Crippen LogP contribution in [0.1, 0.15) is 13.8 Å². The fourth-order valence-electron chi connectivity index (χ4n) is 2.27. The maximum absolute atomic E-state index is 12.8. The summed E-state index contributed by atoms with van der Waals surface area (Å²) in [5.41, 5.74) is 9.26. The molecule has 0 aliphatic heterocycles. The molecule has 0 aromatic heterocycles. The Morgan fingerprint density at radius 2 is 1.10 bits per heavy atom. The van der Waals surface area contributed by atoms with Crippen molar-refractivity contribution in [1.29, 1.82) is 0 Å². The van der Waals surface area contributed by atoms with Gasteiger partial charge in [0.1, 0.15) is 11.5 Å². The van der Waals surface area contributed by atoms with Crippen LogP contribution in [0.5, 0.6) is 11.5 Å². The molecule has 0 aliphatic rings. The van der Waals surface area contributed by atoms with Crippen molar-refractivity contribution in [3.8, 4) is 11.5 Å². The van der Waals surface area contributed by atoms with Gasteiger partial charge in [0.2, 0.25) is 0 Å². The minimum Gasteiger partial charge on any atom is -0.468 e. The van der Waals surface area contributed by atoms with Gasteiger partial charge in [-0.15, -0.1) is 4.79 Å². The molecule has 0 radical (unpaired) electrons. The molecule has 0 heterocycles. The molecule has 0 atom stereocenters. The quantitative estimate of drug-likeness (QED) is 0.129. The first-order valence-electron chi connectivity index (χ1n) is 9.10. The van der Waals surface area contributed by atoms with E-state index in [1.165, 1.54) is 24.3 Å². The van der Waals surface area contributed by atoms with Crippen molar-refractivity contribution < 1.29 is 40.6 Å². The molecule has 0 amide bonds. The Morgan fingerprint density at radius 1 is 0.742 bits per heavy atom. The number of nitrogens with zero attached hydrogens (tertiary/aromatic N) is 2. The van der Waals surface area contributed by atoms with Crippen molar-refractivity contribution in [2.24, 2.45) is 0 Å². The van der Waals surface area contributed by atoms with E-state index in [-0.39, 0.29) is 23.4 Å². The van der Waals surface area contributed by atoms with Crippen molar-refractivity contribution in [3.05, 3.63) is 54.1 Å². The van der Waals surface area contributed by atoms with Gasteiger partial charge in [-0.05, 0) is 62.4 Å². The minimum atomic E-state index is -4.65. The molecule has 10 nitrogen and oxygen atoms in total. The minimum absolute atomic E-state index is 0.0232. The zero-order chi connectivity index (χ0) is 22.9. The predicted octanol–water partition coefficient (Wildman–Crippen LogP) is 2.27. The topological polar surface area (TPSA) is 142 Å². The summed E-state index contributed by atoms with van der Waals surface area (Å²) in [4.78, 5) is 1.82. The first kappa shape index (κ1) is 24.5. The van der Waals surface area contributed by atoms with Gasteiger partial charge in [0.25, 0.3) is 19.7 Å². The van der Waals surface area contributed by atoms with E-state index in [1.807, 2.05) is 0 Å². The monoisotopic (exact) mass is 470 g/mol. The van der Waals surface area contributed by atoms with Crippen molar-refractivity contribution in [3.63, 3.8) is 0 Å². The molecule has 0 fully saturated rings. The van der Waals surface area contributed by atoms with Gasteiger partial charge in [0.15, 0.2) is 13.6 Å². The number of benzene rings is 2. The van der Waals surface area contributed by atoms with Gasteiger partial charge in [-0.2, -0.15) is 0 Å². The van der Waals surface area contributed by atoms with Crippen LogP contribution in [0.3, 0.4) is 0 Å². The maximum atomic E-state index is 12.8. The standard InChI is InChI=1S/C19H22N2O8S2/c1-3-26-13-28-15-5-9-17(10-6-15)30(22,23)19(21-20)31(24,25)18-11-7-16(8-12-18)29-14-27-4-2/h5-12H,3-4,13-14H2,1-2H3. The van der Waals surface area contributed by atoms with Gasteiger partial charge in [0.05, 0.1) is 9.79 Å². The van der Waals surface area contributed by atoms with Crippen LogP contribution in [0.25, 0.3) is 5.53 Å². The second-order valence-electron chi connectivity index (χ2n) is 5.83. The molecule has 0 bridgehead atoms. The summed E-state index contributed by atoms with van der Waals surface area (Å²) >= 11 is 0. The fraction of sp³-hybridized carbons (Fsp3) is 0.316. The lowest BCUT2D eigenvalue weighted by Crippen LogP contribution is -2.26. The molecular weight excluding hydrogens is 448 g/mol.